The highest BCUT2D eigenvalue weighted by Gasteiger charge is 2.09. The van der Waals surface area contributed by atoms with Gasteiger partial charge in [-0.2, -0.15) is 0 Å². The zero-order valence-corrected chi connectivity index (χ0v) is 15.7. The quantitative estimate of drug-likeness (QED) is 0.520. The van der Waals surface area contributed by atoms with Gasteiger partial charge in [0.1, 0.15) is 0 Å². The van der Waals surface area contributed by atoms with Crippen LogP contribution in [0, 0.1) is 13.8 Å². The van der Waals surface area contributed by atoms with Gasteiger partial charge in [-0.3, -0.25) is 4.79 Å². The standard InChI is InChI=1S/C21H21N3OS/c1-15-12-16(2)23-21(22-15)26-14-20(25)24-19-11-7-6-10-18(19)13-17-8-4-3-5-9-17/h3-12H,13-14H2,1-2H3,(H,24,25). The highest BCUT2D eigenvalue weighted by Crippen LogP contribution is 2.20. The lowest BCUT2D eigenvalue weighted by molar-refractivity contribution is -0.113. The smallest absolute Gasteiger partial charge is 0.234 e. The van der Waals surface area contributed by atoms with E-state index in [-0.39, 0.29) is 11.7 Å². The van der Waals surface area contributed by atoms with Crippen molar-refractivity contribution in [2.45, 2.75) is 25.4 Å². The topological polar surface area (TPSA) is 54.9 Å². The molecule has 0 saturated heterocycles. The van der Waals surface area contributed by atoms with E-state index >= 15 is 0 Å². The first-order valence-electron chi connectivity index (χ1n) is 8.47. The third-order valence-corrected chi connectivity index (χ3v) is 4.67. The minimum Gasteiger partial charge on any atom is -0.325 e. The average molecular weight is 363 g/mol. The number of aromatic nitrogens is 2. The second kappa shape index (κ2) is 8.63. The average Bonchev–Trinajstić information content (AvgIpc) is 2.62. The highest BCUT2D eigenvalue weighted by atomic mass is 32.2. The molecule has 1 aromatic heterocycles. The number of thioether (sulfide) groups is 1. The number of nitrogens with zero attached hydrogens (tertiary/aromatic N) is 2. The van der Waals surface area contributed by atoms with E-state index < -0.39 is 0 Å². The molecule has 0 spiro atoms. The molecule has 132 valence electrons. The summed E-state index contributed by atoms with van der Waals surface area (Å²) < 4.78 is 0. The number of nitrogens with one attached hydrogen (secondary N) is 1. The van der Waals surface area contributed by atoms with Crippen LogP contribution in [0.2, 0.25) is 0 Å². The molecule has 0 fully saturated rings. The van der Waals surface area contributed by atoms with Crippen molar-refractivity contribution in [1.82, 2.24) is 9.97 Å². The van der Waals surface area contributed by atoms with Crippen LogP contribution in [0.4, 0.5) is 5.69 Å². The van der Waals surface area contributed by atoms with Crippen LogP contribution in [0.15, 0.2) is 65.8 Å². The van der Waals surface area contributed by atoms with Crippen molar-refractivity contribution in [3.05, 3.63) is 83.2 Å². The Balaban J connectivity index is 1.64. The Bertz CT molecular complexity index is 877. The van der Waals surface area contributed by atoms with Gasteiger partial charge in [0.15, 0.2) is 5.16 Å². The predicted octanol–water partition coefficient (Wildman–Crippen LogP) is 4.42. The van der Waals surface area contributed by atoms with Crippen molar-refractivity contribution in [1.29, 1.82) is 0 Å². The first-order chi connectivity index (χ1) is 12.6. The molecule has 0 aliphatic rings. The van der Waals surface area contributed by atoms with Crippen LogP contribution < -0.4 is 5.32 Å². The molecule has 5 heteroatoms. The lowest BCUT2D eigenvalue weighted by Crippen LogP contribution is -2.15. The van der Waals surface area contributed by atoms with Crippen molar-refractivity contribution in [2.75, 3.05) is 11.1 Å². The van der Waals surface area contributed by atoms with Crippen LogP contribution in [0.5, 0.6) is 0 Å². The first-order valence-corrected chi connectivity index (χ1v) is 9.45. The fraction of sp³-hybridized carbons (Fsp3) is 0.190. The van der Waals surface area contributed by atoms with Gasteiger partial charge in [0.25, 0.3) is 0 Å². The van der Waals surface area contributed by atoms with Gasteiger partial charge in [0.05, 0.1) is 5.75 Å². The fourth-order valence-electron chi connectivity index (χ4n) is 2.69. The molecule has 1 amide bonds. The van der Waals surface area contributed by atoms with Crippen molar-refractivity contribution in [3.63, 3.8) is 0 Å². The maximum Gasteiger partial charge on any atom is 0.234 e. The molecule has 0 atom stereocenters. The van der Waals surface area contributed by atoms with Gasteiger partial charge in [-0.05, 0) is 43.5 Å². The largest absolute Gasteiger partial charge is 0.325 e. The summed E-state index contributed by atoms with van der Waals surface area (Å²) in [5.41, 5.74) is 4.98. The summed E-state index contributed by atoms with van der Waals surface area (Å²) >= 11 is 1.35. The molecule has 1 heterocycles. The number of anilines is 1. The lowest BCUT2D eigenvalue weighted by atomic mass is 10.0. The number of rotatable bonds is 6. The molecule has 0 bridgehead atoms. The summed E-state index contributed by atoms with van der Waals surface area (Å²) in [7, 11) is 0. The number of amides is 1. The summed E-state index contributed by atoms with van der Waals surface area (Å²) in [5.74, 6) is 0.223. The second-order valence-corrected chi connectivity index (χ2v) is 7.03. The highest BCUT2D eigenvalue weighted by molar-refractivity contribution is 7.99. The summed E-state index contributed by atoms with van der Waals surface area (Å²) in [5, 5.41) is 3.65. The molecule has 26 heavy (non-hydrogen) atoms. The number of hydrogen-bond donors (Lipinski definition) is 1. The Morgan fingerprint density at radius 1 is 0.962 bits per heavy atom. The first kappa shape index (κ1) is 18.1. The van der Waals surface area contributed by atoms with Crippen molar-refractivity contribution < 1.29 is 4.79 Å². The molecule has 0 unspecified atom stereocenters. The van der Waals surface area contributed by atoms with Crippen LogP contribution >= 0.6 is 11.8 Å². The third-order valence-electron chi connectivity index (χ3n) is 3.82. The van der Waals surface area contributed by atoms with Crippen LogP contribution in [-0.4, -0.2) is 21.6 Å². The van der Waals surface area contributed by atoms with E-state index in [1.165, 1.54) is 17.3 Å². The molecule has 0 aliphatic heterocycles. The molecule has 3 rings (SSSR count). The number of aryl methyl sites for hydroxylation is 2. The molecular formula is C21H21N3OS. The SMILES string of the molecule is Cc1cc(C)nc(SCC(=O)Nc2ccccc2Cc2ccccc2)n1. The summed E-state index contributed by atoms with van der Waals surface area (Å²) in [6.45, 7) is 3.86. The van der Waals surface area contributed by atoms with E-state index in [2.05, 4.69) is 27.4 Å². The van der Waals surface area contributed by atoms with Gasteiger partial charge in [-0.15, -0.1) is 0 Å². The van der Waals surface area contributed by atoms with Gasteiger partial charge >= 0.3 is 0 Å². The molecule has 4 nitrogen and oxygen atoms in total. The van der Waals surface area contributed by atoms with E-state index in [4.69, 9.17) is 0 Å². The van der Waals surface area contributed by atoms with E-state index in [9.17, 15) is 4.79 Å². The zero-order chi connectivity index (χ0) is 18.4. The lowest BCUT2D eigenvalue weighted by Gasteiger charge is -2.11. The maximum atomic E-state index is 12.4. The monoisotopic (exact) mass is 363 g/mol. The van der Waals surface area contributed by atoms with Gasteiger partial charge in [-0.1, -0.05) is 60.3 Å². The maximum absolute atomic E-state index is 12.4. The van der Waals surface area contributed by atoms with Crippen molar-refractivity contribution >= 4 is 23.4 Å². The van der Waals surface area contributed by atoms with Gasteiger partial charge in [0, 0.05) is 17.1 Å². The Morgan fingerprint density at radius 3 is 2.35 bits per heavy atom. The molecule has 3 aromatic rings. The second-order valence-electron chi connectivity index (χ2n) is 6.09. The van der Waals surface area contributed by atoms with Crippen LogP contribution in [0.25, 0.3) is 0 Å². The summed E-state index contributed by atoms with van der Waals surface area (Å²) in [6, 6.07) is 20.1. The molecule has 0 aliphatic carbocycles. The van der Waals surface area contributed by atoms with Crippen LogP contribution in [0.3, 0.4) is 0 Å². The summed E-state index contributed by atoms with van der Waals surface area (Å²) in [6.07, 6.45) is 0.782. The van der Waals surface area contributed by atoms with E-state index in [0.29, 0.717) is 5.16 Å². The minimum atomic E-state index is -0.0572. The molecule has 2 aromatic carbocycles. The Kier molecular flexibility index (Phi) is 6.02. The van der Waals surface area contributed by atoms with E-state index in [1.807, 2.05) is 62.4 Å². The van der Waals surface area contributed by atoms with Crippen molar-refractivity contribution in [2.24, 2.45) is 0 Å². The van der Waals surface area contributed by atoms with E-state index in [1.54, 1.807) is 0 Å². The summed E-state index contributed by atoms with van der Waals surface area (Å²) in [4.78, 5) is 21.1. The Hall–Kier alpha value is -2.66. The number of para-hydroxylation sites is 1. The van der Waals surface area contributed by atoms with Gasteiger partial charge in [-0.25, -0.2) is 9.97 Å². The minimum absolute atomic E-state index is 0.0572. The van der Waals surface area contributed by atoms with Gasteiger partial charge in [0.2, 0.25) is 5.91 Å². The number of hydrogen-bond acceptors (Lipinski definition) is 4. The molecule has 0 radical (unpaired) electrons. The fourth-order valence-corrected chi connectivity index (χ4v) is 3.44. The van der Waals surface area contributed by atoms with Crippen molar-refractivity contribution in [3.8, 4) is 0 Å². The zero-order valence-electron chi connectivity index (χ0n) is 14.9. The van der Waals surface area contributed by atoms with E-state index in [0.717, 1.165) is 29.1 Å². The Labute approximate surface area is 158 Å². The van der Waals surface area contributed by atoms with Crippen LogP contribution in [-0.2, 0) is 11.2 Å². The number of carbonyl (C=O) groups excluding carboxylic acids is 1. The number of carbonyl (C=O) groups is 1. The van der Waals surface area contributed by atoms with Gasteiger partial charge < -0.3 is 5.32 Å². The number of benzene rings is 2. The normalized spacial score (nSPS) is 10.5. The molecule has 0 saturated carbocycles. The van der Waals surface area contributed by atoms with Crippen LogP contribution in [0.1, 0.15) is 22.5 Å². The molecule has 1 N–H and O–H groups in total. The predicted molar refractivity (Wildman–Crippen MR) is 107 cm³/mol. The Morgan fingerprint density at radius 2 is 1.62 bits per heavy atom. The molecular weight excluding hydrogens is 342 g/mol. The third kappa shape index (κ3) is 5.17.